The molecular weight excluding hydrogens is 253 g/mol. The second kappa shape index (κ2) is 6.66. The Morgan fingerprint density at radius 1 is 1.35 bits per heavy atom. The van der Waals surface area contributed by atoms with Gasteiger partial charge in [0.2, 0.25) is 0 Å². The van der Waals surface area contributed by atoms with Crippen LogP contribution in [0.15, 0.2) is 30.6 Å². The van der Waals surface area contributed by atoms with E-state index in [-0.39, 0.29) is 5.82 Å². The SMILES string of the molecule is CCn1ccnc1Cc1ccc(CNC(C)C)c(F)c1. The van der Waals surface area contributed by atoms with Crippen molar-refractivity contribution in [1.82, 2.24) is 14.9 Å². The highest BCUT2D eigenvalue weighted by Gasteiger charge is 2.07. The predicted molar refractivity (Wildman–Crippen MR) is 79.1 cm³/mol. The zero-order valence-electron chi connectivity index (χ0n) is 12.4. The molecular formula is C16H22FN3. The standard InChI is InChI=1S/C16H22FN3/c1-4-20-8-7-18-16(20)10-13-5-6-14(15(17)9-13)11-19-12(2)3/h5-9,12,19H,4,10-11H2,1-3H3. The molecule has 0 aliphatic rings. The summed E-state index contributed by atoms with van der Waals surface area (Å²) in [6, 6.07) is 5.81. The Bertz CT molecular complexity index is 561. The molecule has 3 nitrogen and oxygen atoms in total. The van der Waals surface area contributed by atoms with Gasteiger partial charge in [-0.25, -0.2) is 9.37 Å². The molecule has 0 spiro atoms. The van der Waals surface area contributed by atoms with Crippen molar-refractivity contribution in [2.45, 2.75) is 46.3 Å². The van der Waals surface area contributed by atoms with Crippen LogP contribution in [0.1, 0.15) is 37.7 Å². The Morgan fingerprint density at radius 3 is 2.80 bits per heavy atom. The van der Waals surface area contributed by atoms with Gasteiger partial charge in [0.05, 0.1) is 0 Å². The minimum Gasteiger partial charge on any atom is -0.335 e. The van der Waals surface area contributed by atoms with Gasteiger partial charge in [-0.15, -0.1) is 0 Å². The van der Waals surface area contributed by atoms with Gasteiger partial charge in [-0.05, 0) is 18.6 Å². The number of benzene rings is 1. The van der Waals surface area contributed by atoms with Crippen molar-refractivity contribution in [3.8, 4) is 0 Å². The molecule has 0 aliphatic heterocycles. The van der Waals surface area contributed by atoms with Crippen molar-refractivity contribution in [2.75, 3.05) is 0 Å². The number of aryl methyl sites for hydroxylation is 1. The van der Waals surface area contributed by atoms with Crippen LogP contribution in [-0.4, -0.2) is 15.6 Å². The molecule has 20 heavy (non-hydrogen) atoms. The Hall–Kier alpha value is -1.68. The van der Waals surface area contributed by atoms with Gasteiger partial charge >= 0.3 is 0 Å². The van der Waals surface area contributed by atoms with Gasteiger partial charge < -0.3 is 9.88 Å². The summed E-state index contributed by atoms with van der Waals surface area (Å²) < 4.78 is 16.1. The second-order valence-corrected chi connectivity index (χ2v) is 5.27. The molecule has 0 aliphatic carbocycles. The predicted octanol–water partition coefficient (Wildman–Crippen LogP) is 3.13. The minimum atomic E-state index is -0.148. The third-order valence-electron chi connectivity index (χ3n) is 3.32. The number of rotatable bonds is 6. The molecule has 1 heterocycles. The molecule has 0 radical (unpaired) electrons. The van der Waals surface area contributed by atoms with Crippen LogP contribution < -0.4 is 5.32 Å². The molecule has 4 heteroatoms. The van der Waals surface area contributed by atoms with Crippen LogP contribution in [0.5, 0.6) is 0 Å². The maximum Gasteiger partial charge on any atom is 0.127 e. The number of hydrogen-bond acceptors (Lipinski definition) is 2. The fraction of sp³-hybridized carbons (Fsp3) is 0.438. The van der Waals surface area contributed by atoms with E-state index in [2.05, 4.69) is 35.6 Å². The second-order valence-electron chi connectivity index (χ2n) is 5.27. The van der Waals surface area contributed by atoms with E-state index in [4.69, 9.17) is 0 Å². The number of aromatic nitrogens is 2. The van der Waals surface area contributed by atoms with Crippen LogP contribution >= 0.6 is 0 Å². The largest absolute Gasteiger partial charge is 0.335 e. The van der Waals surface area contributed by atoms with Crippen LogP contribution in [0.25, 0.3) is 0 Å². The molecule has 0 amide bonds. The van der Waals surface area contributed by atoms with E-state index in [0.29, 0.717) is 24.6 Å². The van der Waals surface area contributed by atoms with E-state index in [1.807, 2.05) is 18.3 Å². The summed E-state index contributed by atoms with van der Waals surface area (Å²) >= 11 is 0. The van der Waals surface area contributed by atoms with E-state index < -0.39 is 0 Å². The average molecular weight is 275 g/mol. The van der Waals surface area contributed by atoms with Crippen molar-refractivity contribution >= 4 is 0 Å². The molecule has 0 saturated carbocycles. The van der Waals surface area contributed by atoms with Crippen molar-refractivity contribution in [3.05, 3.63) is 53.4 Å². The molecule has 0 atom stereocenters. The zero-order valence-corrected chi connectivity index (χ0v) is 12.4. The minimum absolute atomic E-state index is 0.148. The molecule has 2 aromatic rings. The fourth-order valence-electron chi connectivity index (χ4n) is 2.14. The molecule has 2 rings (SSSR count). The third kappa shape index (κ3) is 3.67. The van der Waals surface area contributed by atoms with E-state index in [1.54, 1.807) is 12.3 Å². The highest BCUT2D eigenvalue weighted by atomic mass is 19.1. The molecule has 1 aromatic heterocycles. The van der Waals surface area contributed by atoms with Gasteiger partial charge in [0.25, 0.3) is 0 Å². The first-order valence-electron chi connectivity index (χ1n) is 7.10. The lowest BCUT2D eigenvalue weighted by molar-refractivity contribution is 0.552. The van der Waals surface area contributed by atoms with E-state index in [9.17, 15) is 4.39 Å². The van der Waals surface area contributed by atoms with E-state index >= 15 is 0 Å². The van der Waals surface area contributed by atoms with Crippen LogP contribution in [0.2, 0.25) is 0 Å². The van der Waals surface area contributed by atoms with E-state index in [0.717, 1.165) is 17.9 Å². The summed E-state index contributed by atoms with van der Waals surface area (Å²) in [4.78, 5) is 4.32. The summed E-state index contributed by atoms with van der Waals surface area (Å²) in [6.07, 6.45) is 4.40. The first kappa shape index (κ1) is 14.7. The molecule has 0 bridgehead atoms. The van der Waals surface area contributed by atoms with Crippen molar-refractivity contribution in [2.24, 2.45) is 0 Å². The van der Waals surface area contributed by atoms with Crippen LogP contribution in [0.3, 0.4) is 0 Å². The Kier molecular flexibility index (Phi) is 4.90. The number of halogens is 1. The Morgan fingerprint density at radius 2 is 2.15 bits per heavy atom. The quantitative estimate of drug-likeness (QED) is 0.877. The van der Waals surface area contributed by atoms with Crippen molar-refractivity contribution < 1.29 is 4.39 Å². The van der Waals surface area contributed by atoms with Crippen molar-refractivity contribution in [3.63, 3.8) is 0 Å². The smallest absolute Gasteiger partial charge is 0.127 e. The van der Waals surface area contributed by atoms with Gasteiger partial charge in [-0.1, -0.05) is 26.0 Å². The number of nitrogens with zero attached hydrogens (tertiary/aromatic N) is 2. The summed E-state index contributed by atoms with van der Waals surface area (Å²) in [6.45, 7) is 7.63. The monoisotopic (exact) mass is 275 g/mol. The van der Waals surface area contributed by atoms with Gasteiger partial charge in [-0.3, -0.25) is 0 Å². The van der Waals surface area contributed by atoms with E-state index in [1.165, 1.54) is 0 Å². The topological polar surface area (TPSA) is 29.9 Å². The van der Waals surface area contributed by atoms with Crippen molar-refractivity contribution in [1.29, 1.82) is 0 Å². The summed E-state index contributed by atoms with van der Waals surface area (Å²) in [5, 5.41) is 3.23. The molecule has 0 unspecified atom stereocenters. The summed E-state index contributed by atoms with van der Waals surface area (Å²) in [7, 11) is 0. The maximum atomic E-state index is 14.0. The number of imidazole rings is 1. The number of hydrogen-bond donors (Lipinski definition) is 1. The molecule has 0 saturated heterocycles. The van der Waals surface area contributed by atoms with Gasteiger partial charge in [0.15, 0.2) is 0 Å². The van der Waals surface area contributed by atoms with Gasteiger partial charge in [-0.2, -0.15) is 0 Å². The van der Waals surface area contributed by atoms with Gasteiger partial charge in [0.1, 0.15) is 11.6 Å². The lowest BCUT2D eigenvalue weighted by atomic mass is 10.1. The van der Waals surface area contributed by atoms with Crippen LogP contribution in [0, 0.1) is 5.82 Å². The number of nitrogens with one attached hydrogen (secondary N) is 1. The Balaban J connectivity index is 2.09. The first-order valence-corrected chi connectivity index (χ1v) is 7.10. The summed E-state index contributed by atoms with van der Waals surface area (Å²) in [5.74, 6) is 0.824. The van der Waals surface area contributed by atoms with Crippen LogP contribution in [-0.2, 0) is 19.5 Å². The lowest BCUT2D eigenvalue weighted by Gasteiger charge is -2.10. The third-order valence-corrected chi connectivity index (χ3v) is 3.32. The highest BCUT2D eigenvalue weighted by molar-refractivity contribution is 5.26. The van der Waals surface area contributed by atoms with Crippen LogP contribution in [0.4, 0.5) is 4.39 Å². The Labute approximate surface area is 119 Å². The maximum absolute atomic E-state index is 14.0. The average Bonchev–Trinajstić information content (AvgIpc) is 2.85. The summed E-state index contributed by atoms with van der Waals surface area (Å²) in [5.41, 5.74) is 1.66. The lowest BCUT2D eigenvalue weighted by Crippen LogP contribution is -2.22. The molecule has 1 N–H and O–H groups in total. The first-order chi connectivity index (χ1) is 9.60. The normalized spacial score (nSPS) is 11.2. The fourth-order valence-corrected chi connectivity index (χ4v) is 2.14. The molecule has 0 fully saturated rings. The molecule has 1 aromatic carbocycles. The molecule has 108 valence electrons. The highest BCUT2D eigenvalue weighted by Crippen LogP contribution is 2.14. The van der Waals surface area contributed by atoms with Gasteiger partial charge in [0, 0.05) is 43.5 Å². The zero-order chi connectivity index (χ0) is 14.5.